The van der Waals surface area contributed by atoms with Crippen LogP contribution in [0.2, 0.25) is 0 Å². The van der Waals surface area contributed by atoms with Gasteiger partial charge in [-0.3, -0.25) is 14.7 Å². The van der Waals surface area contributed by atoms with Crippen molar-refractivity contribution in [1.29, 1.82) is 0 Å². The summed E-state index contributed by atoms with van der Waals surface area (Å²) in [6.45, 7) is 4.27. The summed E-state index contributed by atoms with van der Waals surface area (Å²) in [5.74, 6) is -0.0436. The SMILES string of the molecule is CC1N=C(N2CCN(Cc3ccccc3)C2=O)SC1C(=O)NCc1ccccc1. The molecule has 0 saturated carbocycles. The first-order chi connectivity index (χ1) is 14.1. The Bertz CT molecular complexity index is 904. The number of thioether (sulfide) groups is 1. The molecule has 0 radical (unpaired) electrons. The average Bonchev–Trinajstić information content (AvgIpc) is 3.30. The smallest absolute Gasteiger partial charge is 0.326 e. The lowest BCUT2D eigenvalue weighted by atomic mass is 10.2. The van der Waals surface area contributed by atoms with Crippen LogP contribution in [0.4, 0.5) is 4.79 Å². The van der Waals surface area contributed by atoms with Crippen molar-refractivity contribution in [3.05, 3.63) is 71.8 Å². The number of nitrogens with one attached hydrogen (secondary N) is 1. The second-order valence-corrected chi connectivity index (χ2v) is 8.34. The molecule has 2 unspecified atom stereocenters. The van der Waals surface area contributed by atoms with Crippen molar-refractivity contribution in [2.45, 2.75) is 31.3 Å². The maximum absolute atomic E-state index is 12.8. The van der Waals surface area contributed by atoms with Gasteiger partial charge in [0, 0.05) is 26.2 Å². The molecule has 150 valence electrons. The standard InChI is InChI=1S/C22H24N4O2S/c1-16-19(20(27)23-14-17-8-4-2-5-9-17)29-21(24-16)26-13-12-25(22(26)28)15-18-10-6-3-7-11-18/h2-11,16,19H,12-15H2,1H3,(H,23,27). The van der Waals surface area contributed by atoms with Crippen molar-refractivity contribution in [3.63, 3.8) is 0 Å². The molecule has 1 saturated heterocycles. The van der Waals surface area contributed by atoms with Crippen LogP contribution in [0.15, 0.2) is 65.7 Å². The molecule has 2 atom stereocenters. The van der Waals surface area contributed by atoms with E-state index in [9.17, 15) is 9.59 Å². The van der Waals surface area contributed by atoms with Gasteiger partial charge in [0.15, 0.2) is 5.17 Å². The largest absolute Gasteiger partial charge is 0.351 e. The summed E-state index contributed by atoms with van der Waals surface area (Å²) in [6, 6.07) is 19.6. The summed E-state index contributed by atoms with van der Waals surface area (Å²) in [5.41, 5.74) is 2.17. The van der Waals surface area contributed by atoms with E-state index >= 15 is 0 Å². The Morgan fingerprint density at radius 2 is 1.72 bits per heavy atom. The van der Waals surface area contributed by atoms with Crippen LogP contribution in [-0.2, 0) is 17.9 Å². The first-order valence-corrected chi connectivity index (χ1v) is 10.7. The van der Waals surface area contributed by atoms with Crippen LogP contribution in [0.3, 0.4) is 0 Å². The van der Waals surface area contributed by atoms with E-state index < -0.39 is 0 Å². The van der Waals surface area contributed by atoms with Gasteiger partial charge in [-0.2, -0.15) is 0 Å². The van der Waals surface area contributed by atoms with Gasteiger partial charge in [0.2, 0.25) is 5.91 Å². The highest BCUT2D eigenvalue weighted by Gasteiger charge is 2.40. The van der Waals surface area contributed by atoms with Gasteiger partial charge < -0.3 is 10.2 Å². The molecule has 2 aromatic carbocycles. The number of hydrogen-bond acceptors (Lipinski definition) is 4. The summed E-state index contributed by atoms with van der Waals surface area (Å²) in [5, 5.41) is 3.32. The summed E-state index contributed by atoms with van der Waals surface area (Å²) >= 11 is 1.39. The lowest BCUT2D eigenvalue weighted by Gasteiger charge is -2.18. The van der Waals surface area contributed by atoms with Crippen LogP contribution in [0.1, 0.15) is 18.1 Å². The molecule has 2 aliphatic heterocycles. The molecule has 7 heteroatoms. The lowest BCUT2D eigenvalue weighted by molar-refractivity contribution is -0.120. The first kappa shape index (κ1) is 19.5. The molecule has 1 N–H and O–H groups in total. The predicted molar refractivity (Wildman–Crippen MR) is 116 cm³/mol. The van der Waals surface area contributed by atoms with E-state index in [1.807, 2.05) is 72.5 Å². The molecular formula is C22H24N4O2S. The molecule has 0 aromatic heterocycles. The fraction of sp³-hybridized carbons (Fsp3) is 0.318. The maximum atomic E-state index is 12.8. The normalized spacial score (nSPS) is 21.4. The quantitative estimate of drug-likeness (QED) is 0.827. The minimum atomic E-state index is -0.315. The molecule has 29 heavy (non-hydrogen) atoms. The number of benzene rings is 2. The Kier molecular flexibility index (Phi) is 5.85. The van der Waals surface area contributed by atoms with E-state index in [1.165, 1.54) is 11.8 Å². The van der Waals surface area contributed by atoms with Crippen LogP contribution in [0, 0.1) is 0 Å². The summed E-state index contributed by atoms with van der Waals surface area (Å²) in [4.78, 5) is 33.7. The molecule has 2 heterocycles. The third-order valence-electron chi connectivity index (χ3n) is 5.09. The van der Waals surface area contributed by atoms with Gasteiger partial charge in [0.1, 0.15) is 5.25 Å². The molecule has 0 spiro atoms. The third kappa shape index (κ3) is 4.45. The van der Waals surface area contributed by atoms with Gasteiger partial charge >= 0.3 is 6.03 Å². The number of rotatable bonds is 5. The van der Waals surface area contributed by atoms with Gasteiger partial charge in [-0.15, -0.1) is 0 Å². The zero-order valence-corrected chi connectivity index (χ0v) is 17.1. The molecule has 4 rings (SSSR count). The Morgan fingerprint density at radius 1 is 1.07 bits per heavy atom. The van der Waals surface area contributed by atoms with Crippen molar-refractivity contribution in [3.8, 4) is 0 Å². The van der Waals surface area contributed by atoms with Crippen molar-refractivity contribution in [2.24, 2.45) is 4.99 Å². The molecule has 0 aliphatic carbocycles. The van der Waals surface area contributed by atoms with Crippen LogP contribution < -0.4 is 5.32 Å². The Hall–Kier alpha value is -2.80. The van der Waals surface area contributed by atoms with E-state index in [1.54, 1.807) is 4.90 Å². The monoisotopic (exact) mass is 408 g/mol. The highest BCUT2D eigenvalue weighted by atomic mass is 32.2. The number of carbonyl (C=O) groups is 2. The highest BCUT2D eigenvalue weighted by Crippen LogP contribution is 2.31. The van der Waals surface area contributed by atoms with E-state index in [2.05, 4.69) is 10.3 Å². The lowest BCUT2D eigenvalue weighted by Crippen LogP contribution is -2.37. The summed E-state index contributed by atoms with van der Waals surface area (Å²) in [6.07, 6.45) is 0. The van der Waals surface area contributed by atoms with E-state index in [0.29, 0.717) is 31.3 Å². The van der Waals surface area contributed by atoms with Crippen molar-refractivity contribution >= 4 is 28.9 Å². The number of nitrogens with zero attached hydrogens (tertiary/aromatic N) is 3. The highest BCUT2D eigenvalue weighted by molar-refractivity contribution is 8.15. The summed E-state index contributed by atoms with van der Waals surface area (Å²) in [7, 11) is 0. The average molecular weight is 409 g/mol. The Labute approximate surface area is 175 Å². The summed E-state index contributed by atoms with van der Waals surface area (Å²) < 4.78 is 0. The first-order valence-electron chi connectivity index (χ1n) is 9.78. The molecule has 2 aromatic rings. The predicted octanol–water partition coefficient (Wildman–Crippen LogP) is 3.10. The zero-order valence-electron chi connectivity index (χ0n) is 16.3. The van der Waals surface area contributed by atoms with Crippen molar-refractivity contribution < 1.29 is 9.59 Å². The third-order valence-corrected chi connectivity index (χ3v) is 6.49. The van der Waals surface area contributed by atoms with Gasteiger partial charge in [-0.1, -0.05) is 72.4 Å². The molecule has 3 amide bonds. The second-order valence-electron chi connectivity index (χ2n) is 7.24. The minimum Gasteiger partial charge on any atom is -0.351 e. The fourth-order valence-corrected chi connectivity index (χ4v) is 4.69. The Balaban J connectivity index is 1.33. The molecule has 0 bridgehead atoms. The minimum absolute atomic E-state index is 0.0436. The number of urea groups is 1. The zero-order chi connectivity index (χ0) is 20.2. The van der Waals surface area contributed by atoms with E-state index in [-0.39, 0.29) is 23.2 Å². The molecule has 1 fully saturated rings. The number of aliphatic imine (C=N–C) groups is 1. The molecule has 6 nitrogen and oxygen atoms in total. The van der Waals surface area contributed by atoms with Gasteiger partial charge in [-0.05, 0) is 18.1 Å². The molecular weight excluding hydrogens is 384 g/mol. The van der Waals surface area contributed by atoms with E-state index in [4.69, 9.17) is 0 Å². The number of hydrogen-bond donors (Lipinski definition) is 1. The van der Waals surface area contributed by atoms with Gasteiger partial charge in [-0.25, -0.2) is 4.79 Å². The Morgan fingerprint density at radius 3 is 2.41 bits per heavy atom. The maximum Gasteiger partial charge on any atom is 0.326 e. The van der Waals surface area contributed by atoms with Crippen molar-refractivity contribution in [1.82, 2.24) is 15.1 Å². The fourth-order valence-electron chi connectivity index (χ4n) is 3.49. The van der Waals surface area contributed by atoms with Crippen LogP contribution >= 0.6 is 11.8 Å². The van der Waals surface area contributed by atoms with Gasteiger partial charge in [0.25, 0.3) is 0 Å². The van der Waals surface area contributed by atoms with Crippen LogP contribution in [0.25, 0.3) is 0 Å². The van der Waals surface area contributed by atoms with E-state index in [0.717, 1.165) is 11.1 Å². The van der Waals surface area contributed by atoms with Crippen LogP contribution in [-0.4, -0.2) is 51.3 Å². The number of amidine groups is 1. The van der Waals surface area contributed by atoms with Crippen LogP contribution in [0.5, 0.6) is 0 Å². The van der Waals surface area contributed by atoms with Crippen molar-refractivity contribution in [2.75, 3.05) is 13.1 Å². The number of amides is 3. The second kappa shape index (κ2) is 8.69. The van der Waals surface area contributed by atoms with Gasteiger partial charge in [0.05, 0.1) is 6.04 Å². The topological polar surface area (TPSA) is 65.0 Å². The molecule has 2 aliphatic rings. The number of carbonyl (C=O) groups excluding carboxylic acids is 2.